The highest BCUT2D eigenvalue weighted by Gasteiger charge is 2.13. The van der Waals surface area contributed by atoms with Gasteiger partial charge in [0.05, 0.1) is 21.7 Å². The maximum absolute atomic E-state index is 12.3. The molecule has 0 unspecified atom stereocenters. The summed E-state index contributed by atoms with van der Waals surface area (Å²) in [6, 6.07) is 9.79. The Bertz CT molecular complexity index is 735. The number of halogens is 3. The van der Waals surface area contributed by atoms with Crippen molar-refractivity contribution in [3.8, 4) is 11.5 Å². The third kappa shape index (κ3) is 6.21. The van der Waals surface area contributed by atoms with Crippen LogP contribution in [0.2, 0.25) is 10.0 Å². The molecule has 0 saturated heterocycles. The largest absolute Gasteiger partial charge is 0.492 e. The Morgan fingerprint density at radius 1 is 1.04 bits per heavy atom. The van der Waals surface area contributed by atoms with Crippen molar-refractivity contribution in [3.05, 3.63) is 56.5 Å². The van der Waals surface area contributed by atoms with Crippen LogP contribution in [-0.4, -0.2) is 12.6 Å². The second kappa shape index (κ2) is 10.0. The molecule has 3 nitrogen and oxygen atoms in total. The van der Waals surface area contributed by atoms with E-state index in [2.05, 4.69) is 22.9 Å². The van der Waals surface area contributed by atoms with E-state index in [1.165, 1.54) is 18.9 Å². The molecule has 0 atom stereocenters. The van der Waals surface area contributed by atoms with Gasteiger partial charge < -0.3 is 9.47 Å². The second-order valence-electron chi connectivity index (χ2n) is 5.52. The van der Waals surface area contributed by atoms with E-state index < -0.39 is 5.97 Å². The van der Waals surface area contributed by atoms with Gasteiger partial charge in [-0.25, -0.2) is 4.79 Å². The summed E-state index contributed by atoms with van der Waals surface area (Å²) in [4.78, 5) is 12.3. The number of unbranched alkanes of at least 4 members (excludes halogenated alkanes) is 3. The molecule has 0 spiro atoms. The molecule has 134 valence electrons. The zero-order valence-corrected chi connectivity index (χ0v) is 17.0. The molecule has 2 aromatic rings. The van der Waals surface area contributed by atoms with Crippen LogP contribution < -0.4 is 9.47 Å². The van der Waals surface area contributed by atoms with Crippen molar-refractivity contribution in [2.75, 3.05) is 6.61 Å². The van der Waals surface area contributed by atoms with Gasteiger partial charge in [-0.1, -0.05) is 49.4 Å². The summed E-state index contributed by atoms with van der Waals surface area (Å²) in [6.45, 7) is 2.83. The monoisotopic (exact) mass is 444 g/mol. The zero-order chi connectivity index (χ0) is 18.2. The van der Waals surface area contributed by atoms with Crippen LogP contribution in [-0.2, 0) is 0 Å². The number of carbonyl (C=O) groups is 1. The first-order valence-corrected chi connectivity index (χ1v) is 9.65. The summed E-state index contributed by atoms with van der Waals surface area (Å²) in [5.41, 5.74) is 0.399. The Balaban J connectivity index is 1.97. The SMILES string of the molecule is CCCCCCOc1ccc(C(=O)Oc2ccc(Cl)cc2Cl)cc1Br. The number of benzene rings is 2. The molecule has 2 aromatic carbocycles. The van der Waals surface area contributed by atoms with Crippen molar-refractivity contribution in [2.24, 2.45) is 0 Å². The van der Waals surface area contributed by atoms with Gasteiger partial charge in [-0.05, 0) is 58.7 Å². The molecule has 0 bridgehead atoms. The Morgan fingerprint density at radius 3 is 2.48 bits per heavy atom. The third-order valence-corrected chi connectivity index (χ3v) is 4.67. The minimum Gasteiger partial charge on any atom is -0.492 e. The Morgan fingerprint density at radius 2 is 1.80 bits per heavy atom. The van der Waals surface area contributed by atoms with Crippen LogP contribution in [0.4, 0.5) is 0 Å². The van der Waals surface area contributed by atoms with Crippen molar-refractivity contribution in [1.82, 2.24) is 0 Å². The molecule has 0 aromatic heterocycles. The normalized spacial score (nSPS) is 10.6. The van der Waals surface area contributed by atoms with Crippen molar-refractivity contribution >= 4 is 45.1 Å². The number of esters is 1. The molecule has 0 aliphatic heterocycles. The van der Waals surface area contributed by atoms with Crippen molar-refractivity contribution in [2.45, 2.75) is 32.6 Å². The molecule has 0 saturated carbocycles. The van der Waals surface area contributed by atoms with Crippen LogP contribution in [0.15, 0.2) is 40.9 Å². The lowest BCUT2D eigenvalue weighted by Gasteiger charge is -2.10. The quantitative estimate of drug-likeness (QED) is 0.251. The van der Waals surface area contributed by atoms with Crippen LogP contribution in [0.3, 0.4) is 0 Å². The van der Waals surface area contributed by atoms with Gasteiger partial charge in [-0.2, -0.15) is 0 Å². The summed E-state index contributed by atoms with van der Waals surface area (Å²) in [5, 5.41) is 0.764. The maximum Gasteiger partial charge on any atom is 0.343 e. The molecule has 6 heteroatoms. The van der Waals surface area contributed by atoms with Gasteiger partial charge in [-0.3, -0.25) is 0 Å². The summed E-state index contributed by atoms with van der Waals surface area (Å²) < 4.78 is 11.8. The minimum absolute atomic E-state index is 0.267. The number of hydrogen-bond acceptors (Lipinski definition) is 3. The first-order valence-electron chi connectivity index (χ1n) is 8.11. The first-order chi connectivity index (χ1) is 12.0. The van der Waals surface area contributed by atoms with E-state index in [9.17, 15) is 4.79 Å². The van der Waals surface area contributed by atoms with Crippen LogP contribution in [0.5, 0.6) is 11.5 Å². The van der Waals surface area contributed by atoms with Crippen LogP contribution in [0.1, 0.15) is 43.0 Å². The Hall–Kier alpha value is -1.23. The van der Waals surface area contributed by atoms with Crippen LogP contribution in [0.25, 0.3) is 0 Å². The van der Waals surface area contributed by atoms with E-state index in [4.69, 9.17) is 32.7 Å². The van der Waals surface area contributed by atoms with Gasteiger partial charge in [0, 0.05) is 5.02 Å². The highest BCUT2D eigenvalue weighted by Crippen LogP contribution is 2.30. The lowest BCUT2D eigenvalue weighted by molar-refractivity contribution is 0.0734. The molecular formula is C19H19BrCl2O3. The van der Waals surface area contributed by atoms with Gasteiger partial charge in [0.15, 0.2) is 0 Å². The average molecular weight is 446 g/mol. The maximum atomic E-state index is 12.3. The summed E-state index contributed by atoms with van der Waals surface area (Å²) in [6.07, 6.45) is 4.57. The van der Waals surface area contributed by atoms with Crippen LogP contribution >= 0.6 is 39.1 Å². The predicted octanol–water partition coefficient (Wildman–Crippen LogP) is 6.93. The van der Waals surface area contributed by atoms with Crippen LogP contribution in [0, 0.1) is 0 Å². The number of ether oxygens (including phenoxy) is 2. The third-order valence-electron chi connectivity index (χ3n) is 3.52. The summed E-state index contributed by atoms with van der Waals surface area (Å²) in [5.74, 6) is 0.473. The fourth-order valence-corrected chi connectivity index (χ4v) is 3.11. The molecule has 0 heterocycles. The predicted molar refractivity (Wildman–Crippen MR) is 105 cm³/mol. The minimum atomic E-state index is -0.501. The highest BCUT2D eigenvalue weighted by molar-refractivity contribution is 9.10. The molecule has 0 fully saturated rings. The lowest BCUT2D eigenvalue weighted by Crippen LogP contribution is -2.09. The molecule has 25 heavy (non-hydrogen) atoms. The smallest absolute Gasteiger partial charge is 0.343 e. The van der Waals surface area contributed by atoms with Gasteiger partial charge >= 0.3 is 5.97 Å². The van der Waals surface area contributed by atoms with E-state index in [0.29, 0.717) is 27.4 Å². The van der Waals surface area contributed by atoms with Gasteiger partial charge in [0.25, 0.3) is 0 Å². The van der Waals surface area contributed by atoms with Gasteiger partial charge in [0.1, 0.15) is 11.5 Å². The fraction of sp³-hybridized carbons (Fsp3) is 0.316. The second-order valence-corrected chi connectivity index (χ2v) is 7.22. The number of carbonyl (C=O) groups excluding carboxylic acids is 1. The number of hydrogen-bond donors (Lipinski definition) is 0. The van der Waals surface area contributed by atoms with E-state index >= 15 is 0 Å². The molecular weight excluding hydrogens is 427 g/mol. The topological polar surface area (TPSA) is 35.5 Å². The molecule has 0 amide bonds. The summed E-state index contributed by atoms with van der Waals surface area (Å²) >= 11 is 15.3. The zero-order valence-electron chi connectivity index (χ0n) is 13.9. The van der Waals surface area contributed by atoms with Gasteiger partial charge in [0.2, 0.25) is 0 Å². The Labute approximate surface area is 166 Å². The lowest BCUT2D eigenvalue weighted by atomic mass is 10.2. The van der Waals surface area contributed by atoms with Crippen molar-refractivity contribution in [1.29, 1.82) is 0 Å². The summed E-state index contributed by atoms with van der Waals surface area (Å²) in [7, 11) is 0. The molecule has 0 aliphatic carbocycles. The van der Waals surface area contributed by atoms with E-state index in [0.717, 1.165) is 12.8 Å². The molecule has 2 rings (SSSR count). The van der Waals surface area contributed by atoms with Crippen molar-refractivity contribution in [3.63, 3.8) is 0 Å². The fourth-order valence-electron chi connectivity index (χ4n) is 2.17. The van der Waals surface area contributed by atoms with E-state index in [1.54, 1.807) is 30.3 Å². The highest BCUT2D eigenvalue weighted by atomic mass is 79.9. The molecule has 0 aliphatic rings. The number of rotatable bonds is 8. The first kappa shape index (κ1) is 20.1. The standard InChI is InChI=1S/C19H19BrCl2O3/c1-2-3-4-5-10-24-17-8-6-13(11-15(17)20)19(23)25-18-9-7-14(21)12-16(18)22/h6-9,11-12H,2-5,10H2,1H3. The Kier molecular flexibility index (Phi) is 8.07. The molecule has 0 N–H and O–H groups in total. The molecule has 0 radical (unpaired) electrons. The average Bonchev–Trinajstić information content (AvgIpc) is 2.58. The van der Waals surface area contributed by atoms with E-state index in [-0.39, 0.29) is 10.8 Å². The van der Waals surface area contributed by atoms with Gasteiger partial charge in [-0.15, -0.1) is 0 Å². The van der Waals surface area contributed by atoms with E-state index in [1.807, 2.05) is 0 Å². The van der Waals surface area contributed by atoms with Crippen molar-refractivity contribution < 1.29 is 14.3 Å².